The summed E-state index contributed by atoms with van der Waals surface area (Å²) in [7, 11) is 0. The Bertz CT molecular complexity index is 408. The molecule has 20 heavy (non-hydrogen) atoms. The fraction of sp³-hybridized carbons (Fsp3) is 0.688. The van der Waals surface area contributed by atoms with Gasteiger partial charge in [0, 0.05) is 24.0 Å². The van der Waals surface area contributed by atoms with Crippen molar-refractivity contribution in [2.45, 2.75) is 56.5 Å². The lowest BCUT2D eigenvalue weighted by Gasteiger charge is -2.45. The third-order valence-corrected chi connectivity index (χ3v) is 5.22. The van der Waals surface area contributed by atoms with Crippen molar-refractivity contribution in [2.24, 2.45) is 5.84 Å². The summed E-state index contributed by atoms with van der Waals surface area (Å²) in [5, 5.41) is 0. The molecule has 0 aromatic carbocycles. The maximum absolute atomic E-state index is 5.96. The molecule has 1 saturated heterocycles. The molecule has 1 atom stereocenters. The van der Waals surface area contributed by atoms with Crippen LogP contribution in [0.1, 0.15) is 44.1 Å². The van der Waals surface area contributed by atoms with Crippen molar-refractivity contribution in [2.75, 3.05) is 13.1 Å². The molecule has 0 amide bonds. The SMILES string of the molecule is NNC(Cc1cccnc1)C1(N2CCCC2)CCCC1. The van der Waals surface area contributed by atoms with Gasteiger partial charge in [-0.2, -0.15) is 0 Å². The van der Waals surface area contributed by atoms with Crippen molar-refractivity contribution in [3.8, 4) is 0 Å². The second-order valence-electron chi connectivity index (χ2n) is 6.29. The van der Waals surface area contributed by atoms with Crippen LogP contribution in [0.2, 0.25) is 0 Å². The summed E-state index contributed by atoms with van der Waals surface area (Å²) >= 11 is 0. The normalized spacial score (nSPS) is 24.1. The third-order valence-electron chi connectivity index (χ3n) is 5.22. The average molecular weight is 274 g/mol. The largest absolute Gasteiger partial charge is 0.296 e. The molecule has 1 saturated carbocycles. The van der Waals surface area contributed by atoms with Crippen LogP contribution in [0, 0.1) is 0 Å². The van der Waals surface area contributed by atoms with Crippen LogP contribution in [0.15, 0.2) is 24.5 Å². The van der Waals surface area contributed by atoms with Crippen molar-refractivity contribution in [1.82, 2.24) is 15.3 Å². The molecule has 1 aromatic rings. The van der Waals surface area contributed by atoms with Crippen molar-refractivity contribution < 1.29 is 0 Å². The van der Waals surface area contributed by atoms with E-state index < -0.39 is 0 Å². The summed E-state index contributed by atoms with van der Waals surface area (Å²) in [6.07, 6.45) is 12.7. The first-order chi connectivity index (χ1) is 9.85. The number of pyridine rings is 1. The Hall–Kier alpha value is -0.970. The molecule has 3 N–H and O–H groups in total. The second kappa shape index (κ2) is 6.20. The van der Waals surface area contributed by atoms with Gasteiger partial charge in [0.15, 0.2) is 0 Å². The number of likely N-dealkylation sites (tertiary alicyclic amines) is 1. The third kappa shape index (κ3) is 2.60. The highest BCUT2D eigenvalue weighted by Crippen LogP contribution is 2.40. The van der Waals surface area contributed by atoms with Gasteiger partial charge in [0.2, 0.25) is 0 Å². The maximum Gasteiger partial charge on any atom is 0.0435 e. The van der Waals surface area contributed by atoms with Gasteiger partial charge in [0.05, 0.1) is 0 Å². The predicted octanol–water partition coefficient (Wildman–Crippen LogP) is 1.86. The van der Waals surface area contributed by atoms with Gasteiger partial charge in [0.25, 0.3) is 0 Å². The fourth-order valence-corrected chi connectivity index (χ4v) is 4.19. The van der Waals surface area contributed by atoms with Crippen LogP contribution < -0.4 is 11.3 Å². The smallest absolute Gasteiger partial charge is 0.0435 e. The quantitative estimate of drug-likeness (QED) is 0.636. The van der Waals surface area contributed by atoms with E-state index in [4.69, 9.17) is 5.84 Å². The zero-order valence-corrected chi connectivity index (χ0v) is 12.2. The van der Waals surface area contributed by atoms with Gasteiger partial charge in [0.1, 0.15) is 0 Å². The lowest BCUT2D eigenvalue weighted by Crippen LogP contribution is -2.61. The van der Waals surface area contributed by atoms with Crippen LogP contribution in [0.25, 0.3) is 0 Å². The molecule has 2 heterocycles. The standard InChI is InChI=1S/C16H26N4/c17-19-15(12-14-6-5-9-18-13-14)16(7-1-2-8-16)20-10-3-4-11-20/h5-6,9,13,15,19H,1-4,7-8,10-12,17H2. The molecule has 1 unspecified atom stereocenters. The van der Waals surface area contributed by atoms with Crippen molar-refractivity contribution >= 4 is 0 Å². The lowest BCUT2D eigenvalue weighted by molar-refractivity contribution is 0.0766. The van der Waals surface area contributed by atoms with E-state index in [1.807, 2.05) is 18.5 Å². The molecule has 2 fully saturated rings. The minimum atomic E-state index is 0.265. The monoisotopic (exact) mass is 274 g/mol. The van der Waals surface area contributed by atoms with Crippen LogP contribution in [-0.4, -0.2) is 34.6 Å². The molecule has 2 aliphatic rings. The highest BCUT2D eigenvalue weighted by Gasteiger charge is 2.46. The molecule has 0 bridgehead atoms. The molecular formula is C16H26N4. The summed E-state index contributed by atoms with van der Waals surface area (Å²) in [5.74, 6) is 5.96. The molecule has 4 heteroatoms. The highest BCUT2D eigenvalue weighted by atomic mass is 15.3. The van der Waals surface area contributed by atoms with Gasteiger partial charge in [-0.15, -0.1) is 0 Å². The number of hydrogen-bond acceptors (Lipinski definition) is 4. The number of nitrogens with one attached hydrogen (secondary N) is 1. The van der Waals surface area contributed by atoms with E-state index in [0.29, 0.717) is 6.04 Å². The van der Waals surface area contributed by atoms with Crippen LogP contribution in [0.5, 0.6) is 0 Å². The Kier molecular flexibility index (Phi) is 4.34. The minimum Gasteiger partial charge on any atom is -0.296 e. The number of nitrogens with zero attached hydrogens (tertiary/aromatic N) is 2. The average Bonchev–Trinajstić information content (AvgIpc) is 3.17. The Morgan fingerprint density at radius 1 is 1.25 bits per heavy atom. The van der Waals surface area contributed by atoms with Gasteiger partial charge in [-0.3, -0.25) is 21.2 Å². The molecule has 3 rings (SSSR count). The van der Waals surface area contributed by atoms with E-state index in [-0.39, 0.29) is 5.54 Å². The van der Waals surface area contributed by atoms with E-state index in [1.165, 1.54) is 57.2 Å². The number of nitrogens with two attached hydrogens (primary N) is 1. The van der Waals surface area contributed by atoms with Crippen molar-refractivity contribution in [3.63, 3.8) is 0 Å². The number of hydrazine groups is 1. The Morgan fingerprint density at radius 2 is 2.00 bits per heavy atom. The lowest BCUT2D eigenvalue weighted by atomic mass is 9.83. The molecule has 1 aliphatic carbocycles. The van der Waals surface area contributed by atoms with Crippen molar-refractivity contribution in [3.05, 3.63) is 30.1 Å². The summed E-state index contributed by atoms with van der Waals surface area (Å²) < 4.78 is 0. The van der Waals surface area contributed by atoms with Gasteiger partial charge in [-0.25, -0.2) is 0 Å². The summed E-state index contributed by atoms with van der Waals surface area (Å²) in [6, 6.07) is 4.50. The molecule has 4 nitrogen and oxygen atoms in total. The van der Waals surface area contributed by atoms with Gasteiger partial charge >= 0.3 is 0 Å². The number of rotatable bonds is 5. The predicted molar refractivity (Wildman–Crippen MR) is 81.1 cm³/mol. The van der Waals surface area contributed by atoms with E-state index >= 15 is 0 Å². The van der Waals surface area contributed by atoms with E-state index in [0.717, 1.165) is 6.42 Å². The van der Waals surface area contributed by atoms with Crippen LogP contribution >= 0.6 is 0 Å². The first-order valence-electron chi connectivity index (χ1n) is 7.95. The second-order valence-corrected chi connectivity index (χ2v) is 6.29. The maximum atomic E-state index is 5.96. The Balaban J connectivity index is 1.80. The topological polar surface area (TPSA) is 54.2 Å². The molecule has 0 spiro atoms. The van der Waals surface area contributed by atoms with Gasteiger partial charge < -0.3 is 0 Å². The summed E-state index contributed by atoms with van der Waals surface area (Å²) in [5.41, 5.74) is 4.68. The fourth-order valence-electron chi connectivity index (χ4n) is 4.19. The first kappa shape index (κ1) is 14.0. The van der Waals surface area contributed by atoms with Crippen LogP contribution in [-0.2, 0) is 6.42 Å². The van der Waals surface area contributed by atoms with Gasteiger partial charge in [-0.05, 0) is 56.8 Å². The highest BCUT2D eigenvalue weighted by molar-refractivity contribution is 5.15. The zero-order valence-electron chi connectivity index (χ0n) is 12.2. The first-order valence-corrected chi connectivity index (χ1v) is 7.95. The van der Waals surface area contributed by atoms with Gasteiger partial charge in [-0.1, -0.05) is 18.9 Å². The van der Waals surface area contributed by atoms with E-state index in [1.54, 1.807) is 0 Å². The molecule has 1 aromatic heterocycles. The zero-order chi connectivity index (χ0) is 13.8. The molecule has 110 valence electrons. The van der Waals surface area contributed by atoms with Crippen molar-refractivity contribution in [1.29, 1.82) is 0 Å². The molecular weight excluding hydrogens is 248 g/mol. The Labute approximate surface area is 121 Å². The number of hydrogen-bond donors (Lipinski definition) is 2. The minimum absolute atomic E-state index is 0.265. The molecule has 0 radical (unpaired) electrons. The number of aromatic nitrogens is 1. The molecule has 1 aliphatic heterocycles. The van der Waals surface area contributed by atoms with E-state index in [9.17, 15) is 0 Å². The Morgan fingerprint density at radius 3 is 2.60 bits per heavy atom. The van der Waals surface area contributed by atoms with E-state index in [2.05, 4.69) is 21.4 Å². The van der Waals surface area contributed by atoms with Crippen LogP contribution in [0.4, 0.5) is 0 Å². The summed E-state index contributed by atoms with van der Waals surface area (Å²) in [6.45, 7) is 2.48. The van der Waals surface area contributed by atoms with Crippen LogP contribution in [0.3, 0.4) is 0 Å². The summed E-state index contributed by atoms with van der Waals surface area (Å²) in [4.78, 5) is 6.95.